The number of hydrogen-bond acceptors (Lipinski definition) is 7. The number of benzene rings is 1. The highest BCUT2D eigenvalue weighted by atomic mass is 32.1. The highest BCUT2D eigenvalue weighted by molar-refractivity contribution is 7.16. The number of rotatable bonds is 6. The number of aryl methyl sites for hydroxylation is 2. The topological polar surface area (TPSA) is 75.0 Å². The summed E-state index contributed by atoms with van der Waals surface area (Å²) in [5, 5.41) is 16.3. The maximum absolute atomic E-state index is 12.6. The number of hydrogen-bond donors (Lipinski definition) is 1. The maximum atomic E-state index is 12.6. The lowest BCUT2D eigenvalue weighted by Gasteiger charge is -2.12. The van der Waals surface area contributed by atoms with Crippen LogP contribution in [0.2, 0.25) is 0 Å². The van der Waals surface area contributed by atoms with E-state index in [1.807, 2.05) is 43.5 Å². The van der Waals surface area contributed by atoms with Crippen LogP contribution in [0.1, 0.15) is 51.1 Å². The number of thiazole rings is 1. The van der Waals surface area contributed by atoms with Crippen molar-refractivity contribution >= 4 is 39.2 Å². The summed E-state index contributed by atoms with van der Waals surface area (Å²) >= 11 is 3.02. The van der Waals surface area contributed by atoms with Crippen LogP contribution in [0.25, 0.3) is 16.8 Å². The molecule has 0 saturated heterocycles. The fourth-order valence-corrected chi connectivity index (χ4v) is 5.66. The fraction of sp³-hybridized carbons (Fsp3) is 0.292. The summed E-state index contributed by atoms with van der Waals surface area (Å²) in [5.41, 5.74) is 5.21. The number of anilines is 1. The van der Waals surface area contributed by atoms with Crippen molar-refractivity contribution in [2.24, 2.45) is 0 Å². The van der Waals surface area contributed by atoms with Crippen molar-refractivity contribution in [3.63, 3.8) is 0 Å². The average Bonchev–Trinajstić information content (AvgIpc) is 3.40. The first-order valence-electron chi connectivity index (χ1n) is 10.3. The molecule has 7 heteroatoms. The Bertz CT molecular complexity index is 1170. The smallest absolute Gasteiger partial charge is 0.341 e. The van der Waals surface area contributed by atoms with Crippen molar-refractivity contribution in [3.8, 4) is 17.3 Å². The van der Waals surface area contributed by atoms with Gasteiger partial charge < -0.3 is 10.1 Å². The SMILES string of the molecule is CCOC(=O)c1c(NC=C(C#N)c2nc(-c3ccc(C)cc3)cs2)sc2c1CCCC2. The van der Waals surface area contributed by atoms with E-state index in [9.17, 15) is 10.1 Å². The molecule has 158 valence electrons. The van der Waals surface area contributed by atoms with E-state index in [1.165, 1.54) is 21.8 Å². The van der Waals surface area contributed by atoms with Gasteiger partial charge in [0.1, 0.15) is 21.7 Å². The summed E-state index contributed by atoms with van der Waals surface area (Å²) in [7, 11) is 0. The van der Waals surface area contributed by atoms with Crippen molar-refractivity contribution in [1.29, 1.82) is 5.26 Å². The van der Waals surface area contributed by atoms with Crippen LogP contribution in [0.5, 0.6) is 0 Å². The molecule has 1 N–H and O–H groups in total. The molecule has 5 nitrogen and oxygen atoms in total. The quantitative estimate of drug-likeness (QED) is 0.357. The van der Waals surface area contributed by atoms with Crippen LogP contribution in [-0.4, -0.2) is 17.6 Å². The van der Waals surface area contributed by atoms with Crippen LogP contribution < -0.4 is 5.32 Å². The molecule has 0 fully saturated rings. The zero-order valence-corrected chi connectivity index (χ0v) is 19.2. The average molecular weight is 450 g/mol. The number of carbonyl (C=O) groups is 1. The molecule has 0 unspecified atom stereocenters. The third-order valence-corrected chi connectivity index (χ3v) is 7.30. The van der Waals surface area contributed by atoms with Crippen molar-refractivity contribution in [2.45, 2.75) is 39.5 Å². The van der Waals surface area contributed by atoms with E-state index in [2.05, 4.69) is 16.4 Å². The van der Waals surface area contributed by atoms with E-state index in [1.54, 1.807) is 17.5 Å². The zero-order chi connectivity index (χ0) is 21.8. The maximum Gasteiger partial charge on any atom is 0.341 e. The number of carbonyl (C=O) groups excluding carboxylic acids is 1. The number of aromatic nitrogens is 1. The summed E-state index contributed by atoms with van der Waals surface area (Å²) in [6, 6.07) is 10.4. The monoisotopic (exact) mass is 449 g/mol. The number of fused-ring (bicyclic) bond motifs is 1. The third kappa shape index (κ3) is 4.55. The van der Waals surface area contributed by atoms with Crippen LogP contribution in [0.4, 0.5) is 5.00 Å². The Morgan fingerprint density at radius 3 is 2.81 bits per heavy atom. The van der Waals surface area contributed by atoms with Gasteiger partial charge >= 0.3 is 5.97 Å². The van der Waals surface area contributed by atoms with Crippen molar-refractivity contribution < 1.29 is 9.53 Å². The molecule has 0 amide bonds. The number of nitrogens with one attached hydrogen (secondary N) is 1. The molecule has 1 aromatic carbocycles. The minimum Gasteiger partial charge on any atom is -0.462 e. The minimum absolute atomic E-state index is 0.299. The van der Waals surface area contributed by atoms with Crippen LogP contribution in [0.3, 0.4) is 0 Å². The summed E-state index contributed by atoms with van der Waals surface area (Å²) < 4.78 is 5.30. The second-order valence-corrected chi connectivity index (χ2v) is 9.32. The van der Waals surface area contributed by atoms with Crippen molar-refractivity contribution in [3.05, 3.63) is 62.4 Å². The molecule has 31 heavy (non-hydrogen) atoms. The van der Waals surface area contributed by atoms with Gasteiger partial charge in [0.2, 0.25) is 0 Å². The van der Waals surface area contributed by atoms with Gasteiger partial charge in [0.15, 0.2) is 0 Å². The lowest BCUT2D eigenvalue weighted by atomic mass is 9.95. The number of nitriles is 1. The summed E-state index contributed by atoms with van der Waals surface area (Å²) in [4.78, 5) is 18.5. The van der Waals surface area contributed by atoms with Gasteiger partial charge in [-0.05, 0) is 45.1 Å². The largest absolute Gasteiger partial charge is 0.462 e. The third-order valence-electron chi connectivity index (χ3n) is 5.20. The molecule has 4 rings (SSSR count). The molecule has 0 radical (unpaired) electrons. The first-order chi connectivity index (χ1) is 15.1. The molecular weight excluding hydrogens is 426 g/mol. The predicted molar refractivity (Wildman–Crippen MR) is 126 cm³/mol. The normalized spacial score (nSPS) is 13.4. The minimum atomic E-state index is -0.299. The van der Waals surface area contributed by atoms with Gasteiger partial charge in [0.05, 0.1) is 17.9 Å². The van der Waals surface area contributed by atoms with Gasteiger partial charge in [-0.25, -0.2) is 9.78 Å². The van der Waals surface area contributed by atoms with E-state index in [-0.39, 0.29) is 5.97 Å². The zero-order valence-electron chi connectivity index (χ0n) is 17.5. The van der Waals surface area contributed by atoms with Crippen LogP contribution in [0.15, 0.2) is 35.8 Å². The molecule has 2 heterocycles. The summed E-state index contributed by atoms with van der Waals surface area (Å²) in [5.74, 6) is -0.299. The van der Waals surface area contributed by atoms with E-state index in [4.69, 9.17) is 4.74 Å². The highest BCUT2D eigenvalue weighted by Crippen LogP contribution is 2.39. The second kappa shape index (κ2) is 9.46. The second-order valence-electron chi connectivity index (χ2n) is 7.35. The number of esters is 1. The Morgan fingerprint density at radius 2 is 2.06 bits per heavy atom. The van der Waals surface area contributed by atoms with Gasteiger partial charge in [0.25, 0.3) is 0 Å². The summed E-state index contributed by atoms with van der Waals surface area (Å²) in [6.07, 6.45) is 5.74. The highest BCUT2D eigenvalue weighted by Gasteiger charge is 2.26. The van der Waals surface area contributed by atoms with E-state index in [0.29, 0.717) is 22.8 Å². The lowest BCUT2D eigenvalue weighted by Crippen LogP contribution is -2.10. The van der Waals surface area contributed by atoms with E-state index < -0.39 is 0 Å². The Morgan fingerprint density at radius 1 is 1.29 bits per heavy atom. The van der Waals surface area contributed by atoms with Crippen LogP contribution in [-0.2, 0) is 17.6 Å². The lowest BCUT2D eigenvalue weighted by molar-refractivity contribution is 0.0526. The van der Waals surface area contributed by atoms with Gasteiger partial charge in [0, 0.05) is 22.0 Å². The molecule has 0 bridgehead atoms. The van der Waals surface area contributed by atoms with Gasteiger partial charge in [-0.15, -0.1) is 22.7 Å². The van der Waals surface area contributed by atoms with Gasteiger partial charge in [-0.3, -0.25) is 0 Å². The number of allylic oxidation sites excluding steroid dienone is 1. The Hall–Kier alpha value is -2.95. The van der Waals surface area contributed by atoms with Crippen LogP contribution >= 0.6 is 22.7 Å². The molecule has 1 aliphatic carbocycles. The molecule has 0 atom stereocenters. The molecular formula is C24H23N3O2S2. The fourth-order valence-electron chi connectivity index (χ4n) is 3.62. The molecule has 0 spiro atoms. The van der Waals surface area contributed by atoms with E-state index in [0.717, 1.165) is 47.5 Å². The standard InChI is InChI=1S/C24H23N3O2S2/c1-3-29-24(28)21-18-6-4-5-7-20(18)31-23(21)26-13-17(12-25)22-27-19(14-30-22)16-10-8-15(2)9-11-16/h8-11,13-14,26H,3-7H2,1-2H3. The number of nitrogens with zero attached hydrogens (tertiary/aromatic N) is 2. The van der Waals surface area contributed by atoms with Crippen molar-refractivity contribution in [1.82, 2.24) is 4.98 Å². The van der Waals surface area contributed by atoms with Crippen molar-refractivity contribution in [2.75, 3.05) is 11.9 Å². The Labute approximate surface area is 190 Å². The first-order valence-corrected chi connectivity index (χ1v) is 12.0. The predicted octanol–water partition coefficient (Wildman–Crippen LogP) is 6.21. The number of ether oxygens (including phenoxy) is 1. The molecule has 2 aromatic heterocycles. The molecule has 3 aromatic rings. The van der Waals surface area contributed by atoms with E-state index >= 15 is 0 Å². The Kier molecular flexibility index (Phi) is 6.50. The van der Waals surface area contributed by atoms with Gasteiger partial charge in [-0.2, -0.15) is 5.26 Å². The van der Waals surface area contributed by atoms with Gasteiger partial charge in [-0.1, -0.05) is 29.8 Å². The summed E-state index contributed by atoms with van der Waals surface area (Å²) in [6.45, 7) is 4.19. The first kappa shape index (κ1) is 21.3. The van der Waals surface area contributed by atoms with Crippen LogP contribution in [0, 0.1) is 18.3 Å². The number of thiophene rings is 1. The molecule has 1 aliphatic rings. The molecule has 0 saturated carbocycles. The Balaban J connectivity index is 1.62. The molecule has 0 aliphatic heterocycles.